The molecule has 0 spiro atoms. The number of dihydropyridines is 2. The largest absolute Gasteiger partial charge is 0.508 e. The van der Waals surface area contributed by atoms with Gasteiger partial charge in [-0.25, -0.2) is 4.79 Å². The van der Waals surface area contributed by atoms with Gasteiger partial charge in [-0.3, -0.25) is 4.79 Å². The van der Waals surface area contributed by atoms with Crippen molar-refractivity contribution in [1.82, 2.24) is 16.0 Å². The number of aromatic hydroxyl groups is 2. The van der Waals surface area contributed by atoms with Crippen LogP contribution in [-0.4, -0.2) is 58.8 Å². The van der Waals surface area contributed by atoms with Gasteiger partial charge in [0.1, 0.15) is 58.1 Å². The number of benzene rings is 2. The second-order valence-corrected chi connectivity index (χ2v) is 16.2. The number of ether oxygens (including phenoxy) is 2. The van der Waals surface area contributed by atoms with Crippen molar-refractivity contribution in [3.05, 3.63) is 121 Å². The van der Waals surface area contributed by atoms with Crippen molar-refractivity contribution in [3.8, 4) is 17.2 Å². The van der Waals surface area contributed by atoms with Gasteiger partial charge in [-0.2, -0.15) is 0 Å². The molecule has 0 saturated carbocycles. The lowest BCUT2D eigenvalue weighted by molar-refractivity contribution is -0.165. The number of phenolic OH excluding ortho intramolecular Hbond substituents is 2. The van der Waals surface area contributed by atoms with Crippen LogP contribution in [0, 0.1) is 11.8 Å². The van der Waals surface area contributed by atoms with Crippen LogP contribution in [-0.2, 0) is 35.4 Å². The number of esters is 1. The summed E-state index contributed by atoms with van der Waals surface area (Å²) in [6.07, 6.45) is 11.3. The van der Waals surface area contributed by atoms with Crippen LogP contribution in [0.2, 0.25) is 0 Å². The van der Waals surface area contributed by atoms with Crippen LogP contribution in [0.5, 0.6) is 17.2 Å². The number of rotatable bonds is 8. The van der Waals surface area contributed by atoms with Crippen LogP contribution < -0.4 is 37.6 Å². The second kappa shape index (κ2) is 15.7. The number of carbonyl (C=O) groups is 1. The van der Waals surface area contributed by atoms with Gasteiger partial charge in [0, 0.05) is 60.3 Å². The Hall–Kier alpha value is -5.50. The minimum Gasteiger partial charge on any atom is -0.508 e. The van der Waals surface area contributed by atoms with E-state index in [-0.39, 0.29) is 52.7 Å². The second-order valence-electron chi connectivity index (χ2n) is 16.2. The van der Waals surface area contributed by atoms with Crippen LogP contribution >= 0.6 is 0 Å². The van der Waals surface area contributed by atoms with Gasteiger partial charge in [0.15, 0.2) is 5.43 Å². The number of allylic oxidation sites excluding steroid dienone is 5. The number of nitrogens with two attached hydrogens (primary N) is 2. The first-order valence-electron chi connectivity index (χ1n) is 20.3. The predicted molar refractivity (Wildman–Crippen MR) is 220 cm³/mol. The van der Waals surface area contributed by atoms with Gasteiger partial charge >= 0.3 is 5.97 Å². The van der Waals surface area contributed by atoms with Crippen LogP contribution in [0.25, 0.3) is 11.0 Å². The van der Waals surface area contributed by atoms with Gasteiger partial charge in [0.05, 0.1) is 6.17 Å². The topological polar surface area (TPSA) is 215 Å². The molecular formula is C45H53N5O8. The van der Waals surface area contributed by atoms with Crippen molar-refractivity contribution in [1.29, 1.82) is 0 Å². The summed E-state index contributed by atoms with van der Waals surface area (Å²) in [6, 6.07) is 6.65. The molecular weight excluding hydrogens is 739 g/mol. The third-order valence-electron chi connectivity index (χ3n) is 12.8. The first kappa shape index (κ1) is 39.3. The molecule has 4 bridgehead atoms. The van der Waals surface area contributed by atoms with Gasteiger partial charge in [0.25, 0.3) is 0 Å². The molecule has 6 atom stereocenters. The van der Waals surface area contributed by atoms with Crippen molar-refractivity contribution >= 4 is 16.9 Å². The number of aliphatic hydroxyl groups excluding tert-OH is 1. The van der Waals surface area contributed by atoms with Gasteiger partial charge < -0.3 is 56.6 Å². The molecule has 0 saturated heterocycles. The Morgan fingerprint density at radius 1 is 1.19 bits per heavy atom. The third-order valence-corrected chi connectivity index (χ3v) is 12.8. The summed E-state index contributed by atoms with van der Waals surface area (Å²) >= 11 is 0. The Kier molecular flexibility index (Phi) is 10.6. The Morgan fingerprint density at radius 3 is 2.76 bits per heavy atom. The fourth-order valence-corrected chi connectivity index (χ4v) is 9.69. The van der Waals surface area contributed by atoms with Crippen molar-refractivity contribution in [2.24, 2.45) is 23.3 Å². The number of aryl methyl sites for hydroxylation is 1. The quantitative estimate of drug-likeness (QED) is 0.119. The molecule has 4 aliphatic heterocycles. The molecule has 8 rings (SSSR count). The molecule has 1 aromatic heterocycles. The number of hydrogen-bond donors (Lipinski definition) is 8. The van der Waals surface area contributed by atoms with Crippen molar-refractivity contribution < 1.29 is 34.0 Å². The van der Waals surface area contributed by atoms with Gasteiger partial charge in [0.2, 0.25) is 0 Å². The highest BCUT2D eigenvalue weighted by Crippen LogP contribution is 2.56. The molecule has 0 radical (unpaired) electrons. The van der Waals surface area contributed by atoms with E-state index in [0.29, 0.717) is 80.0 Å². The van der Waals surface area contributed by atoms with Crippen molar-refractivity contribution in [3.63, 3.8) is 0 Å². The molecule has 3 aromatic rings. The molecule has 0 fully saturated rings. The number of hydrogen-bond acceptors (Lipinski definition) is 13. The minimum atomic E-state index is -1.21. The summed E-state index contributed by atoms with van der Waals surface area (Å²) in [4.78, 5) is 28.2. The standard InChI is InChI=1S/C45H53N5O8/c1-4-24(21-48-5-2)44(55)57-35-19-33-40(54)39-34(53)18-30(22-51)56-42(39)38-32-17-27-16-29(52)10-9-25(27)7-8-26(37-31(32)12-13-49-43(37)47)15-28(45(35,3)58-41(33)38)14-23-6-11-36(46)50-20-23/h4,6,9-12,16,18,20,26,28,32,35-36,48-52,54H,5,7-8,13-15,17,19,21-22,46-47H2,1-3H3. The highest BCUT2D eigenvalue weighted by molar-refractivity contribution is 5.92. The summed E-state index contributed by atoms with van der Waals surface area (Å²) in [6.45, 7) is 6.61. The number of aliphatic hydroxyl groups is 1. The fourth-order valence-electron chi connectivity index (χ4n) is 9.69. The highest BCUT2D eigenvalue weighted by Gasteiger charge is 2.53. The van der Waals surface area contributed by atoms with Gasteiger partial charge in [-0.05, 0) is 104 Å². The van der Waals surface area contributed by atoms with E-state index in [1.807, 2.05) is 38.3 Å². The summed E-state index contributed by atoms with van der Waals surface area (Å²) in [5, 5.41) is 43.2. The van der Waals surface area contributed by atoms with Gasteiger partial charge in [-0.15, -0.1) is 0 Å². The monoisotopic (exact) mass is 791 g/mol. The molecule has 6 unspecified atom stereocenters. The summed E-state index contributed by atoms with van der Waals surface area (Å²) in [7, 11) is 0. The maximum Gasteiger partial charge on any atom is 0.335 e. The Labute approximate surface area is 337 Å². The average molecular weight is 792 g/mol. The van der Waals surface area contributed by atoms with Crippen molar-refractivity contribution in [2.75, 3.05) is 19.6 Å². The average Bonchev–Trinajstić information content (AvgIpc) is 3.26. The molecule has 5 heterocycles. The first-order valence-corrected chi connectivity index (χ1v) is 20.3. The van der Waals surface area contributed by atoms with E-state index in [1.165, 1.54) is 6.07 Å². The molecule has 13 heteroatoms. The lowest BCUT2D eigenvalue weighted by Gasteiger charge is -2.49. The lowest BCUT2D eigenvalue weighted by Crippen LogP contribution is -2.57. The summed E-state index contributed by atoms with van der Waals surface area (Å²) < 4.78 is 20.4. The van der Waals surface area contributed by atoms with E-state index in [9.17, 15) is 24.9 Å². The van der Waals surface area contributed by atoms with E-state index in [0.717, 1.165) is 27.8 Å². The normalized spacial score (nSPS) is 26.4. The summed E-state index contributed by atoms with van der Waals surface area (Å²) in [5.41, 5.74) is 17.7. The Bertz CT molecular complexity index is 2380. The van der Waals surface area contributed by atoms with Crippen LogP contribution in [0.1, 0.15) is 74.0 Å². The van der Waals surface area contributed by atoms with E-state index >= 15 is 0 Å². The zero-order valence-electron chi connectivity index (χ0n) is 33.2. The van der Waals surface area contributed by atoms with E-state index < -0.39 is 35.6 Å². The molecule has 10 N–H and O–H groups in total. The SMILES string of the molecule is CC=C(CNCC)C(=O)OC1Cc2c3c(c4oc(CO)cc(=O)c4c2O)C2Cc4cc(O)ccc4CCC(CC(CC4=CNC(N)C=C4)C1(C)O3)C1=C(N)NCC=C12. The van der Waals surface area contributed by atoms with E-state index in [1.54, 1.807) is 25.1 Å². The first-order chi connectivity index (χ1) is 27.9. The molecule has 2 aromatic carbocycles. The van der Waals surface area contributed by atoms with Crippen LogP contribution in [0.4, 0.5) is 0 Å². The maximum absolute atomic E-state index is 14.1. The number of likely N-dealkylation sites (N-methyl/N-ethyl adjacent to an activating group) is 1. The molecule has 1 aliphatic carbocycles. The molecule has 0 amide bonds. The van der Waals surface area contributed by atoms with E-state index in [2.05, 4.69) is 22.0 Å². The highest BCUT2D eigenvalue weighted by atomic mass is 16.6. The Balaban J connectivity index is 1.45. The van der Waals surface area contributed by atoms with Crippen molar-refractivity contribution in [2.45, 2.75) is 89.7 Å². The lowest BCUT2D eigenvalue weighted by atomic mass is 9.67. The maximum atomic E-state index is 14.1. The number of nitrogens with one attached hydrogen (secondary N) is 3. The zero-order chi connectivity index (χ0) is 40.9. The molecule has 13 nitrogen and oxygen atoms in total. The number of phenols is 2. The minimum absolute atomic E-state index is 0.0308. The third kappa shape index (κ3) is 6.94. The zero-order valence-corrected chi connectivity index (χ0v) is 33.2. The number of fused-ring (bicyclic) bond motifs is 5. The van der Waals surface area contributed by atoms with Gasteiger partial charge in [-0.1, -0.05) is 31.2 Å². The fraction of sp³-hybridized carbons (Fsp3) is 0.422. The number of carbonyl (C=O) groups excluding carboxylic acids is 1. The molecule has 306 valence electrons. The predicted octanol–water partition coefficient (Wildman–Crippen LogP) is 4.18. The van der Waals surface area contributed by atoms with Crippen LogP contribution in [0.15, 0.2) is 92.1 Å². The summed E-state index contributed by atoms with van der Waals surface area (Å²) in [5.74, 6) is -0.786. The smallest absolute Gasteiger partial charge is 0.335 e. The van der Waals surface area contributed by atoms with E-state index in [4.69, 9.17) is 25.4 Å². The van der Waals surface area contributed by atoms with Crippen LogP contribution in [0.3, 0.4) is 0 Å². The molecule has 58 heavy (non-hydrogen) atoms. The molecule has 5 aliphatic rings. The Morgan fingerprint density at radius 2 is 2.02 bits per heavy atom.